The number of hydrogen-bond donors (Lipinski definition) is 6. The molecule has 2 amide bonds. The quantitative estimate of drug-likeness (QED) is 0.0924. The van der Waals surface area contributed by atoms with Gasteiger partial charge in [-0.05, 0) is 25.7 Å². The zero-order valence-electron chi connectivity index (χ0n) is 22.1. The van der Waals surface area contributed by atoms with Crippen LogP contribution in [0.4, 0.5) is 0 Å². The third-order valence-corrected chi connectivity index (χ3v) is 6.12. The molecule has 0 aromatic heterocycles. The van der Waals surface area contributed by atoms with Crippen LogP contribution in [0.2, 0.25) is 0 Å². The highest BCUT2D eigenvalue weighted by atomic mass is 16.4. The Labute approximate surface area is 223 Å². The number of carboxylic acids is 4. The average Bonchev–Trinajstić information content (AvgIpc) is 2.83. The molecule has 12 heteroatoms. The van der Waals surface area contributed by atoms with Gasteiger partial charge in [0.1, 0.15) is 12.1 Å². The van der Waals surface area contributed by atoms with E-state index in [-0.39, 0.29) is 50.3 Å². The number of hydrogen-bond acceptors (Lipinski definition) is 6. The van der Waals surface area contributed by atoms with Gasteiger partial charge in [-0.15, -0.1) is 0 Å². The van der Waals surface area contributed by atoms with E-state index in [2.05, 4.69) is 10.6 Å². The number of nitrogens with one attached hydrogen (secondary N) is 2. The fraction of sp³-hybridized carbons (Fsp3) is 0.769. The molecule has 0 aliphatic rings. The van der Waals surface area contributed by atoms with Gasteiger partial charge in [-0.2, -0.15) is 0 Å². The van der Waals surface area contributed by atoms with E-state index in [1.807, 2.05) is 0 Å². The first-order chi connectivity index (χ1) is 18.0. The molecule has 0 saturated carbocycles. The molecule has 0 aliphatic heterocycles. The molecule has 12 nitrogen and oxygen atoms in total. The van der Waals surface area contributed by atoms with E-state index in [0.29, 0.717) is 12.8 Å². The zero-order chi connectivity index (χ0) is 28.8. The fourth-order valence-corrected chi connectivity index (χ4v) is 3.92. The van der Waals surface area contributed by atoms with Gasteiger partial charge in [0.25, 0.3) is 0 Å². The fourth-order valence-electron chi connectivity index (χ4n) is 3.92. The van der Waals surface area contributed by atoms with E-state index >= 15 is 0 Å². The van der Waals surface area contributed by atoms with Gasteiger partial charge in [-0.25, -0.2) is 9.59 Å². The van der Waals surface area contributed by atoms with Crippen molar-refractivity contribution in [2.24, 2.45) is 0 Å². The topological polar surface area (TPSA) is 207 Å². The minimum atomic E-state index is -1.23. The molecule has 2 atom stereocenters. The molecule has 0 spiro atoms. The number of carboxylic acid groups (broad SMARTS) is 4. The van der Waals surface area contributed by atoms with E-state index < -0.39 is 36.0 Å². The van der Waals surface area contributed by atoms with Gasteiger partial charge < -0.3 is 31.1 Å². The van der Waals surface area contributed by atoms with Crippen LogP contribution in [0, 0.1) is 0 Å². The van der Waals surface area contributed by atoms with Gasteiger partial charge >= 0.3 is 23.9 Å². The molecule has 0 fully saturated rings. The molecule has 0 aliphatic carbocycles. The largest absolute Gasteiger partial charge is 0.481 e. The summed E-state index contributed by atoms with van der Waals surface area (Å²) < 4.78 is 0. The Morgan fingerprint density at radius 1 is 0.421 bits per heavy atom. The predicted octanol–water partition coefficient (Wildman–Crippen LogP) is 3.32. The van der Waals surface area contributed by atoms with Crippen LogP contribution in [-0.2, 0) is 28.8 Å². The third-order valence-electron chi connectivity index (χ3n) is 6.12. The third kappa shape index (κ3) is 21.0. The minimum absolute atomic E-state index is 0.139. The summed E-state index contributed by atoms with van der Waals surface area (Å²) in [5.74, 6) is -5.41. The maximum absolute atomic E-state index is 11.9. The van der Waals surface area contributed by atoms with E-state index in [1.54, 1.807) is 0 Å². The lowest BCUT2D eigenvalue weighted by Gasteiger charge is -2.13. The summed E-state index contributed by atoms with van der Waals surface area (Å²) in [6.07, 6.45) is 11.2. The molecule has 6 N–H and O–H groups in total. The summed E-state index contributed by atoms with van der Waals surface area (Å²) in [4.78, 5) is 67.1. The Kier molecular flexibility index (Phi) is 20.0. The highest BCUT2D eigenvalue weighted by Crippen LogP contribution is 2.13. The SMILES string of the molecule is O=C(O)CC[C@@H](NC(=O)CCCCCCCCCCCCCCC(=O)N[C@H](CCC(=O)O)C(=O)O)C(=O)O. The molecule has 0 radical (unpaired) electrons. The van der Waals surface area contributed by atoms with Crippen LogP contribution in [0.5, 0.6) is 0 Å². The van der Waals surface area contributed by atoms with E-state index in [4.69, 9.17) is 20.4 Å². The monoisotopic (exact) mass is 544 g/mol. The lowest BCUT2D eigenvalue weighted by molar-refractivity contribution is -0.144. The second-order valence-electron chi connectivity index (χ2n) is 9.52. The first kappa shape index (κ1) is 34.8. The summed E-state index contributed by atoms with van der Waals surface area (Å²) in [6.45, 7) is 0. The molecule has 0 unspecified atom stereocenters. The van der Waals surface area contributed by atoms with Crippen LogP contribution < -0.4 is 10.6 Å². The van der Waals surface area contributed by atoms with Crippen LogP contribution in [0.15, 0.2) is 0 Å². The average molecular weight is 545 g/mol. The second kappa shape index (κ2) is 21.9. The summed E-state index contributed by atoms with van der Waals surface area (Å²) in [6, 6.07) is -2.35. The van der Waals surface area contributed by atoms with Gasteiger partial charge in [-0.3, -0.25) is 19.2 Å². The normalized spacial score (nSPS) is 12.3. The van der Waals surface area contributed by atoms with E-state index in [1.165, 1.54) is 0 Å². The van der Waals surface area contributed by atoms with Crippen molar-refractivity contribution >= 4 is 35.7 Å². The number of carbonyl (C=O) groups is 6. The molecule has 218 valence electrons. The highest BCUT2D eigenvalue weighted by molar-refractivity contribution is 5.84. The van der Waals surface area contributed by atoms with Crippen molar-refractivity contribution in [2.45, 2.75) is 128 Å². The molecule has 0 bridgehead atoms. The van der Waals surface area contributed by atoms with Gasteiger partial charge in [0, 0.05) is 25.7 Å². The van der Waals surface area contributed by atoms with Crippen molar-refractivity contribution in [1.82, 2.24) is 10.6 Å². The smallest absolute Gasteiger partial charge is 0.326 e. The van der Waals surface area contributed by atoms with E-state index in [9.17, 15) is 28.8 Å². The summed E-state index contributed by atoms with van der Waals surface area (Å²) in [5, 5.41) is 40.2. The number of rotatable bonds is 25. The molecule has 0 rings (SSSR count). The predicted molar refractivity (Wildman–Crippen MR) is 138 cm³/mol. The van der Waals surface area contributed by atoms with Gasteiger partial charge in [0.15, 0.2) is 0 Å². The number of amides is 2. The molecule has 0 saturated heterocycles. The van der Waals surface area contributed by atoms with Crippen LogP contribution in [0.1, 0.15) is 116 Å². The molecule has 0 aromatic carbocycles. The Morgan fingerprint density at radius 2 is 0.684 bits per heavy atom. The number of unbranched alkanes of at least 4 members (excludes halogenated alkanes) is 11. The molecular weight excluding hydrogens is 500 g/mol. The molecule has 0 aromatic rings. The van der Waals surface area contributed by atoms with Gasteiger partial charge in [0.2, 0.25) is 11.8 Å². The Balaban J connectivity index is 3.63. The van der Waals surface area contributed by atoms with Crippen molar-refractivity contribution < 1.29 is 49.2 Å². The zero-order valence-corrected chi connectivity index (χ0v) is 22.1. The Hall–Kier alpha value is -3.18. The van der Waals surface area contributed by atoms with Crippen molar-refractivity contribution in [1.29, 1.82) is 0 Å². The van der Waals surface area contributed by atoms with Crippen LogP contribution in [0.25, 0.3) is 0 Å². The first-order valence-corrected chi connectivity index (χ1v) is 13.5. The molecule has 38 heavy (non-hydrogen) atoms. The standard InChI is InChI=1S/C26H44N2O10/c29-21(27-19(25(35)36)15-17-23(31)32)13-11-9-7-5-3-1-2-4-6-8-10-12-14-22(30)28-20(26(37)38)16-18-24(33)34/h19-20H,1-18H2,(H,27,29)(H,28,30)(H,31,32)(H,33,34)(H,35,36)(H,37,38)/t19-,20-/m1/s1. The number of carbonyl (C=O) groups excluding carboxylic acids is 2. The maximum Gasteiger partial charge on any atom is 0.326 e. The van der Waals surface area contributed by atoms with E-state index in [0.717, 1.165) is 64.2 Å². The van der Waals surface area contributed by atoms with Crippen LogP contribution >= 0.6 is 0 Å². The number of aliphatic carboxylic acids is 4. The summed E-state index contributed by atoms with van der Waals surface area (Å²) in [7, 11) is 0. The molecular formula is C26H44N2O10. The maximum atomic E-state index is 11.9. The lowest BCUT2D eigenvalue weighted by atomic mass is 10.0. The second-order valence-corrected chi connectivity index (χ2v) is 9.52. The summed E-state index contributed by atoms with van der Waals surface area (Å²) in [5.41, 5.74) is 0. The highest BCUT2D eigenvalue weighted by Gasteiger charge is 2.21. The minimum Gasteiger partial charge on any atom is -0.481 e. The van der Waals surface area contributed by atoms with Gasteiger partial charge in [-0.1, -0.05) is 64.2 Å². The molecule has 0 heterocycles. The van der Waals surface area contributed by atoms with Crippen molar-refractivity contribution in [3.05, 3.63) is 0 Å². The Morgan fingerprint density at radius 3 is 0.921 bits per heavy atom. The van der Waals surface area contributed by atoms with Crippen molar-refractivity contribution in [2.75, 3.05) is 0 Å². The van der Waals surface area contributed by atoms with Crippen LogP contribution in [0.3, 0.4) is 0 Å². The first-order valence-electron chi connectivity index (χ1n) is 13.5. The lowest BCUT2D eigenvalue weighted by Crippen LogP contribution is -2.41. The van der Waals surface area contributed by atoms with Crippen molar-refractivity contribution in [3.8, 4) is 0 Å². The summed E-state index contributed by atoms with van der Waals surface area (Å²) >= 11 is 0. The van der Waals surface area contributed by atoms with Crippen LogP contribution in [-0.4, -0.2) is 68.2 Å². The Bertz CT molecular complexity index is 694. The van der Waals surface area contributed by atoms with Crippen molar-refractivity contribution in [3.63, 3.8) is 0 Å². The van der Waals surface area contributed by atoms with Gasteiger partial charge in [0.05, 0.1) is 0 Å².